The van der Waals surface area contributed by atoms with Crippen LogP contribution in [0.25, 0.3) is 0 Å². The van der Waals surface area contributed by atoms with E-state index in [4.69, 9.17) is 4.74 Å². The standard InChI is InChI=1S/C6H7BrN2O/c1-4-3-5(10-2)9-6(7)8-4/h3H,1-2H3. The first-order valence-corrected chi connectivity index (χ1v) is 3.57. The number of rotatable bonds is 1. The van der Waals surface area contributed by atoms with E-state index < -0.39 is 0 Å². The van der Waals surface area contributed by atoms with Crippen molar-refractivity contribution in [2.75, 3.05) is 7.11 Å². The van der Waals surface area contributed by atoms with Crippen LogP contribution in [-0.2, 0) is 0 Å². The monoisotopic (exact) mass is 202 g/mol. The van der Waals surface area contributed by atoms with E-state index >= 15 is 0 Å². The molecule has 0 aliphatic rings. The fraction of sp³-hybridized carbons (Fsp3) is 0.333. The van der Waals surface area contributed by atoms with Crippen LogP contribution in [0, 0.1) is 6.92 Å². The van der Waals surface area contributed by atoms with Gasteiger partial charge in [0.2, 0.25) is 5.88 Å². The second-order valence-corrected chi connectivity index (χ2v) is 2.53. The maximum Gasteiger partial charge on any atom is 0.217 e. The molecule has 0 spiro atoms. The van der Waals surface area contributed by atoms with Crippen molar-refractivity contribution in [2.45, 2.75) is 6.92 Å². The molecule has 0 radical (unpaired) electrons. The summed E-state index contributed by atoms with van der Waals surface area (Å²) in [6.07, 6.45) is 0. The molecule has 0 aliphatic carbocycles. The van der Waals surface area contributed by atoms with E-state index in [-0.39, 0.29) is 0 Å². The molecule has 1 heterocycles. The number of hydrogen-bond donors (Lipinski definition) is 0. The van der Waals surface area contributed by atoms with Crippen LogP contribution in [0.1, 0.15) is 5.69 Å². The second kappa shape index (κ2) is 2.96. The van der Waals surface area contributed by atoms with Crippen molar-refractivity contribution in [1.29, 1.82) is 0 Å². The Morgan fingerprint density at radius 3 is 2.70 bits per heavy atom. The van der Waals surface area contributed by atoms with E-state index in [9.17, 15) is 0 Å². The number of aryl methyl sites for hydroxylation is 1. The van der Waals surface area contributed by atoms with E-state index in [2.05, 4.69) is 25.9 Å². The molecule has 0 aromatic carbocycles. The van der Waals surface area contributed by atoms with Crippen LogP contribution >= 0.6 is 15.9 Å². The Hall–Kier alpha value is -0.640. The lowest BCUT2D eigenvalue weighted by molar-refractivity contribution is 0.395. The molecule has 0 aliphatic heterocycles. The number of aromatic nitrogens is 2. The first-order valence-electron chi connectivity index (χ1n) is 2.77. The van der Waals surface area contributed by atoms with E-state index in [1.165, 1.54) is 0 Å². The molecule has 10 heavy (non-hydrogen) atoms. The van der Waals surface area contributed by atoms with E-state index in [1.54, 1.807) is 13.2 Å². The Balaban J connectivity index is 3.06. The number of nitrogens with zero attached hydrogens (tertiary/aromatic N) is 2. The number of methoxy groups -OCH3 is 1. The molecule has 0 unspecified atom stereocenters. The van der Waals surface area contributed by atoms with E-state index in [0.717, 1.165) is 5.69 Å². The number of hydrogen-bond acceptors (Lipinski definition) is 3. The Morgan fingerprint density at radius 2 is 2.20 bits per heavy atom. The van der Waals surface area contributed by atoms with Gasteiger partial charge in [0.1, 0.15) is 0 Å². The molecule has 0 saturated carbocycles. The molecule has 54 valence electrons. The molecule has 1 aromatic heterocycles. The summed E-state index contributed by atoms with van der Waals surface area (Å²) in [7, 11) is 1.58. The van der Waals surface area contributed by atoms with Gasteiger partial charge in [-0.1, -0.05) is 0 Å². The first-order chi connectivity index (χ1) is 4.72. The van der Waals surface area contributed by atoms with Crippen LogP contribution in [0.5, 0.6) is 5.88 Å². The molecule has 0 atom stereocenters. The van der Waals surface area contributed by atoms with Crippen molar-refractivity contribution < 1.29 is 4.74 Å². The Morgan fingerprint density at radius 1 is 1.50 bits per heavy atom. The average Bonchev–Trinajstić information content (AvgIpc) is 1.85. The van der Waals surface area contributed by atoms with Gasteiger partial charge in [-0.3, -0.25) is 0 Å². The largest absolute Gasteiger partial charge is 0.481 e. The molecule has 1 rings (SSSR count). The second-order valence-electron chi connectivity index (χ2n) is 1.82. The van der Waals surface area contributed by atoms with Gasteiger partial charge >= 0.3 is 0 Å². The zero-order valence-corrected chi connectivity index (χ0v) is 7.34. The summed E-state index contributed by atoms with van der Waals surface area (Å²) in [5, 5.41) is 0. The van der Waals surface area contributed by atoms with Gasteiger partial charge in [-0.05, 0) is 22.9 Å². The van der Waals surface area contributed by atoms with Gasteiger partial charge in [0.15, 0.2) is 4.73 Å². The van der Waals surface area contributed by atoms with Gasteiger partial charge in [0, 0.05) is 11.8 Å². The van der Waals surface area contributed by atoms with Crippen molar-refractivity contribution in [3.63, 3.8) is 0 Å². The zero-order valence-electron chi connectivity index (χ0n) is 5.76. The highest BCUT2D eigenvalue weighted by molar-refractivity contribution is 9.10. The summed E-state index contributed by atoms with van der Waals surface area (Å²) in [5.74, 6) is 0.583. The van der Waals surface area contributed by atoms with Crippen LogP contribution in [0.3, 0.4) is 0 Å². The van der Waals surface area contributed by atoms with Crippen LogP contribution < -0.4 is 4.74 Å². The van der Waals surface area contributed by atoms with Gasteiger partial charge in [-0.15, -0.1) is 0 Å². The van der Waals surface area contributed by atoms with Crippen LogP contribution in [-0.4, -0.2) is 17.1 Å². The normalized spacial score (nSPS) is 9.50. The SMILES string of the molecule is COc1cc(C)nc(Br)n1. The molecule has 0 saturated heterocycles. The average molecular weight is 203 g/mol. The summed E-state index contributed by atoms with van der Waals surface area (Å²) in [6, 6.07) is 1.77. The predicted octanol–water partition coefficient (Wildman–Crippen LogP) is 1.56. The molecule has 4 heteroatoms. The number of ether oxygens (including phenoxy) is 1. The maximum absolute atomic E-state index is 4.89. The summed E-state index contributed by atoms with van der Waals surface area (Å²) >= 11 is 3.15. The molecular weight excluding hydrogens is 196 g/mol. The molecule has 0 N–H and O–H groups in total. The Kier molecular flexibility index (Phi) is 2.21. The first kappa shape index (κ1) is 7.47. The van der Waals surface area contributed by atoms with Crippen molar-refractivity contribution in [1.82, 2.24) is 9.97 Å². The van der Waals surface area contributed by atoms with Crippen LogP contribution in [0.15, 0.2) is 10.8 Å². The summed E-state index contributed by atoms with van der Waals surface area (Å²) < 4.78 is 5.45. The highest BCUT2D eigenvalue weighted by Crippen LogP contribution is 2.11. The Bertz CT molecular complexity index is 219. The van der Waals surface area contributed by atoms with Crippen molar-refractivity contribution in [3.05, 3.63) is 16.5 Å². The third-order valence-electron chi connectivity index (χ3n) is 1.01. The minimum absolute atomic E-state index is 0.560. The van der Waals surface area contributed by atoms with Gasteiger partial charge < -0.3 is 4.74 Å². The Labute approximate surface area is 67.6 Å². The predicted molar refractivity (Wildman–Crippen MR) is 41.0 cm³/mol. The van der Waals surface area contributed by atoms with E-state index in [1.807, 2.05) is 6.92 Å². The molecule has 1 aromatic rings. The van der Waals surface area contributed by atoms with Crippen LogP contribution in [0.2, 0.25) is 0 Å². The highest BCUT2D eigenvalue weighted by Gasteiger charge is 1.96. The fourth-order valence-corrected chi connectivity index (χ4v) is 1.06. The smallest absolute Gasteiger partial charge is 0.217 e. The molecule has 3 nitrogen and oxygen atoms in total. The van der Waals surface area contributed by atoms with Gasteiger partial charge in [0.05, 0.1) is 7.11 Å². The lowest BCUT2D eigenvalue weighted by Crippen LogP contribution is -1.91. The van der Waals surface area contributed by atoms with Crippen molar-refractivity contribution in [2.24, 2.45) is 0 Å². The van der Waals surface area contributed by atoms with Gasteiger partial charge in [-0.25, -0.2) is 4.98 Å². The minimum Gasteiger partial charge on any atom is -0.481 e. The molecule has 0 fully saturated rings. The minimum atomic E-state index is 0.560. The topological polar surface area (TPSA) is 35.0 Å². The van der Waals surface area contributed by atoms with Gasteiger partial charge in [0.25, 0.3) is 0 Å². The summed E-state index contributed by atoms with van der Waals surface area (Å²) in [5.41, 5.74) is 0.888. The summed E-state index contributed by atoms with van der Waals surface area (Å²) in [4.78, 5) is 7.94. The van der Waals surface area contributed by atoms with Crippen molar-refractivity contribution >= 4 is 15.9 Å². The third kappa shape index (κ3) is 1.67. The lowest BCUT2D eigenvalue weighted by Gasteiger charge is -1.98. The number of halogens is 1. The highest BCUT2D eigenvalue weighted by atomic mass is 79.9. The van der Waals surface area contributed by atoms with E-state index in [0.29, 0.717) is 10.6 Å². The van der Waals surface area contributed by atoms with Crippen LogP contribution in [0.4, 0.5) is 0 Å². The lowest BCUT2D eigenvalue weighted by atomic mass is 10.4. The summed E-state index contributed by atoms with van der Waals surface area (Å²) in [6.45, 7) is 1.88. The zero-order chi connectivity index (χ0) is 7.56. The molecule has 0 bridgehead atoms. The van der Waals surface area contributed by atoms with Crippen molar-refractivity contribution in [3.8, 4) is 5.88 Å². The molecular formula is C6H7BrN2O. The van der Waals surface area contributed by atoms with Gasteiger partial charge in [-0.2, -0.15) is 4.98 Å². The quantitative estimate of drug-likeness (QED) is 0.649. The fourth-order valence-electron chi connectivity index (χ4n) is 0.609. The molecule has 0 amide bonds. The third-order valence-corrected chi connectivity index (χ3v) is 1.37. The maximum atomic E-state index is 4.89.